The largest absolute Gasteiger partial charge is 0.504 e. The van der Waals surface area contributed by atoms with Gasteiger partial charge in [-0.2, -0.15) is 0 Å². The highest BCUT2D eigenvalue weighted by Gasteiger charge is 2.22. The van der Waals surface area contributed by atoms with Gasteiger partial charge in [0.25, 0.3) is 0 Å². The molecule has 236 valence electrons. The Hall–Kier alpha value is -5.02. The maximum absolute atomic E-state index is 10.6. The average Bonchev–Trinajstić information content (AvgIpc) is 3.10. The summed E-state index contributed by atoms with van der Waals surface area (Å²) in [7, 11) is 4.65. The van der Waals surface area contributed by atoms with Gasteiger partial charge in [-0.05, 0) is 107 Å². The summed E-state index contributed by atoms with van der Waals surface area (Å²) in [5.41, 5.74) is 6.56. The number of aliphatic hydroxyl groups is 1. The molecule has 0 spiro atoms. The fourth-order valence-electron chi connectivity index (χ4n) is 5.49. The van der Waals surface area contributed by atoms with E-state index in [4.69, 9.17) is 28.4 Å². The maximum atomic E-state index is 10.6. The Bertz CT molecular complexity index is 1670. The molecule has 0 amide bonds. The van der Waals surface area contributed by atoms with E-state index in [1.165, 1.54) is 14.2 Å². The molecule has 45 heavy (non-hydrogen) atoms. The number of phenols is 2. The SMILES string of the molecule is C=CCOc1cc(CO)ccc1OCCOc1cc2c(cc1OC)Cc1cc(O)c(OC)cc1Cc1cc(O)c(OC)cc1C2. The lowest BCUT2D eigenvalue weighted by molar-refractivity contribution is 0.204. The summed E-state index contributed by atoms with van der Waals surface area (Å²) in [6, 6.07) is 16.4. The van der Waals surface area contributed by atoms with Crippen molar-refractivity contribution in [3.8, 4) is 46.0 Å². The van der Waals surface area contributed by atoms with E-state index in [-0.39, 0.29) is 31.3 Å². The Labute approximate surface area is 262 Å². The molecule has 4 aromatic rings. The number of benzene rings is 4. The Morgan fingerprint density at radius 3 is 1.51 bits per heavy atom. The number of aliphatic hydroxyl groups excluding tert-OH is 1. The first kappa shape index (κ1) is 31.4. The van der Waals surface area contributed by atoms with E-state index in [0.717, 1.165) is 33.4 Å². The summed E-state index contributed by atoms with van der Waals surface area (Å²) in [4.78, 5) is 0. The van der Waals surface area contributed by atoms with E-state index in [1.54, 1.807) is 43.5 Å². The van der Waals surface area contributed by atoms with Crippen LogP contribution < -0.4 is 28.4 Å². The Balaban J connectivity index is 1.45. The molecule has 0 radical (unpaired) electrons. The van der Waals surface area contributed by atoms with Crippen molar-refractivity contribution in [1.29, 1.82) is 0 Å². The van der Waals surface area contributed by atoms with Gasteiger partial charge in [-0.1, -0.05) is 18.7 Å². The normalized spacial score (nSPS) is 11.9. The molecule has 0 aromatic heterocycles. The van der Waals surface area contributed by atoms with Crippen molar-refractivity contribution in [3.63, 3.8) is 0 Å². The van der Waals surface area contributed by atoms with Gasteiger partial charge in [0.15, 0.2) is 46.0 Å². The van der Waals surface area contributed by atoms with E-state index in [9.17, 15) is 15.3 Å². The molecule has 1 aliphatic carbocycles. The number of aromatic hydroxyl groups is 2. The van der Waals surface area contributed by atoms with E-state index in [2.05, 4.69) is 6.58 Å². The van der Waals surface area contributed by atoms with Crippen molar-refractivity contribution in [1.82, 2.24) is 0 Å². The molecular formula is C36H38O9. The molecule has 9 nitrogen and oxygen atoms in total. The Morgan fingerprint density at radius 2 is 1.02 bits per heavy atom. The van der Waals surface area contributed by atoms with Crippen LogP contribution in [-0.2, 0) is 25.9 Å². The van der Waals surface area contributed by atoms with Gasteiger partial charge < -0.3 is 43.7 Å². The summed E-state index contributed by atoms with van der Waals surface area (Å²) in [6.07, 6.45) is 3.26. The van der Waals surface area contributed by atoms with Crippen molar-refractivity contribution < 1.29 is 43.7 Å². The topological polar surface area (TPSA) is 116 Å². The van der Waals surface area contributed by atoms with Crippen LogP contribution in [0.3, 0.4) is 0 Å². The van der Waals surface area contributed by atoms with E-state index in [1.807, 2.05) is 24.3 Å². The minimum Gasteiger partial charge on any atom is -0.504 e. The van der Waals surface area contributed by atoms with Crippen LogP contribution in [0.4, 0.5) is 0 Å². The highest BCUT2D eigenvalue weighted by Crippen LogP contribution is 2.40. The molecule has 0 saturated carbocycles. The second-order valence-corrected chi connectivity index (χ2v) is 10.6. The molecule has 0 atom stereocenters. The minimum atomic E-state index is -0.106. The number of hydrogen-bond acceptors (Lipinski definition) is 9. The van der Waals surface area contributed by atoms with Crippen LogP contribution in [0, 0.1) is 0 Å². The summed E-state index contributed by atoms with van der Waals surface area (Å²) >= 11 is 0. The highest BCUT2D eigenvalue weighted by atomic mass is 16.6. The number of rotatable bonds is 12. The summed E-state index contributed by atoms with van der Waals surface area (Å²) in [5, 5.41) is 30.7. The zero-order valence-corrected chi connectivity index (χ0v) is 25.7. The van der Waals surface area contributed by atoms with Gasteiger partial charge in [-0.3, -0.25) is 0 Å². The molecule has 3 N–H and O–H groups in total. The van der Waals surface area contributed by atoms with Crippen LogP contribution in [0.2, 0.25) is 0 Å². The van der Waals surface area contributed by atoms with Crippen molar-refractivity contribution in [2.24, 2.45) is 0 Å². The third-order valence-corrected chi connectivity index (χ3v) is 7.78. The van der Waals surface area contributed by atoms with Crippen LogP contribution in [0.1, 0.15) is 38.9 Å². The first-order chi connectivity index (χ1) is 21.9. The van der Waals surface area contributed by atoms with Crippen LogP contribution in [0.5, 0.6) is 46.0 Å². The number of hydrogen-bond donors (Lipinski definition) is 3. The zero-order chi connectivity index (χ0) is 31.9. The van der Waals surface area contributed by atoms with Gasteiger partial charge >= 0.3 is 0 Å². The molecular weight excluding hydrogens is 576 g/mol. The van der Waals surface area contributed by atoms with Crippen molar-refractivity contribution >= 4 is 0 Å². The predicted octanol–water partition coefficient (Wildman–Crippen LogP) is 5.72. The Morgan fingerprint density at radius 1 is 0.578 bits per heavy atom. The predicted molar refractivity (Wildman–Crippen MR) is 170 cm³/mol. The summed E-state index contributed by atoms with van der Waals surface area (Å²) < 4.78 is 34.5. The van der Waals surface area contributed by atoms with E-state index in [0.29, 0.717) is 65.9 Å². The van der Waals surface area contributed by atoms with Gasteiger partial charge in [0, 0.05) is 0 Å². The molecule has 0 bridgehead atoms. The maximum Gasteiger partial charge on any atom is 0.162 e. The molecule has 9 heteroatoms. The smallest absolute Gasteiger partial charge is 0.162 e. The van der Waals surface area contributed by atoms with Crippen LogP contribution in [0.25, 0.3) is 0 Å². The van der Waals surface area contributed by atoms with E-state index >= 15 is 0 Å². The fourth-order valence-corrected chi connectivity index (χ4v) is 5.49. The lowest BCUT2D eigenvalue weighted by Crippen LogP contribution is -2.11. The van der Waals surface area contributed by atoms with Crippen LogP contribution in [0.15, 0.2) is 67.3 Å². The van der Waals surface area contributed by atoms with Gasteiger partial charge in [-0.15, -0.1) is 0 Å². The molecule has 1 aliphatic rings. The molecule has 0 saturated heterocycles. The molecule has 5 rings (SSSR count). The van der Waals surface area contributed by atoms with Gasteiger partial charge in [-0.25, -0.2) is 0 Å². The third-order valence-electron chi connectivity index (χ3n) is 7.78. The number of methoxy groups -OCH3 is 3. The summed E-state index contributed by atoms with van der Waals surface area (Å²) in [6.45, 7) is 4.35. The number of phenolic OH excluding ortho intramolecular Hbond substituents is 2. The van der Waals surface area contributed by atoms with Crippen molar-refractivity contribution in [2.75, 3.05) is 41.2 Å². The minimum absolute atomic E-state index is 0.0609. The van der Waals surface area contributed by atoms with Crippen molar-refractivity contribution in [2.45, 2.75) is 25.9 Å². The van der Waals surface area contributed by atoms with Gasteiger partial charge in [0.05, 0.1) is 27.9 Å². The number of fused-ring (bicyclic) bond motifs is 3. The molecule has 0 aliphatic heterocycles. The highest BCUT2D eigenvalue weighted by molar-refractivity contribution is 5.57. The zero-order valence-electron chi connectivity index (χ0n) is 25.7. The van der Waals surface area contributed by atoms with E-state index < -0.39 is 0 Å². The average molecular weight is 615 g/mol. The quantitative estimate of drug-likeness (QED) is 0.120. The van der Waals surface area contributed by atoms with Crippen LogP contribution >= 0.6 is 0 Å². The molecule has 0 unspecified atom stereocenters. The molecule has 0 fully saturated rings. The fraction of sp³-hybridized carbons (Fsp3) is 0.278. The second-order valence-electron chi connectivity index (χ2n) is 10.6. The van der Waals surface area contributed by atoms with Crippen molar-refractivity contribution in [3.05, 3.63) is 106 Å². The third kappa shape index (κ3) is 7.05. The van der Waals surface area contributed by atoms with Crippen LogP contribution in [-0.4, -0.2) is 56.5 Å². The monoisotopic (exact) mass is 614 g/mol. The van der Waals surface area contributed by atoms with Gasteiger partial charge in [0.1, 0.15) is 19.8 Å². The first-order valence-corrected chi connectivity index (χ1v) is 14.6. The first-order valence-electron chi connectivity index (χ1n) is 14.6. The standard InChI is InChI=1S/C36H38O9/c1-5-8-43-35-11-22(21-37)6-7-31(35)44-9-10-45-36-20-28-14-26-18-33(41-3)29(38)15-23(26)12-25-17-32(40-2)30(39)16-24(25)13-27(28)19-34(36)42-4/h5-7,11,15-20,37-39H,1,8-10,12-14,21H2,2-4H3. The molecule has 0 heterocycles. The molecule has 4 aromatic carbocycles. The number of ether oxygens (including phenoxy) is 6. The lowest BCUT2D eigenvalue weighted by Gasteiger charge is -2.18. The Kier molecular flexibility index (Phi) is 9.89. The lowest BCUT2D eigenvalue weighted by atomic mass is 9.94. The summed E-state index contributed by atoms with van der Waals surface area (Å²) in [5.74, 6) is 3.08. The van der Waals surface area contributed by atoms with Gasteiger partial charge in [0.2, 0.25) is 0 Å². The second kappa shape index (κ2) is 14.2.